The summed E-state index contributed by atoms with van der Waals surface area (Å²) in [5, 5.41) is 58.9. The molecule has 8 atom stereocenters. The number of phenolic OH excluding ortho intramolecular Hbond substituents is 2. The zero-order chi connectivity index (χ0) is 28.7. The van der Waals surface area contributed by atoms with E-state index in [2.05, 4.69) is 6.58 Å². The van der Waals surface area contributed by atoms with E-state index in [1.54, 1.807) is 12.2 Å². The summed E-state index contributed by atoms with van der Waals surface area (Å²) in [4.78, 5) is 24.7. The van der Waals surface area contributed by atoms with Gasteiger partial charge in [0.25, 0.3) is 0 Å². The lowest BCUT2D eigenvalue weighted by Crippen LogP contribution is -2.60. The van der Waals surface area contributed by atoms with E-state index >= 15 is 0 Å². The predicted octanol–water partition coefficient (Wildman–Crippen LogP) is 0.151. The molecule has 0 unspecified atom stereocenters. The van der Waals surface area contributed by atoms with Gasteiger partial charge < -0.3 is 49.6 Å². The summed E-state index contributed by atoms with van der Waals surface area (Å²) in [5.41, 5.74) is 0.799. The van der Waals surface area contributed by atoms with Gasteiger partial charge in [0.2, 0.25) is 0 Å². The molecular formula is C27H34O12. The Morgan fingerprint density at radius 1 is 1.13 bits per heavy atom. The normalized spacial score (nSPS) is 30.9. The van der Waals surface area contributed by atoms with Crippen LogP contribution in [0, 0.1) is 11.8 Å². The van der Waals surface area contributed by atoms with Crippen molar-refractivity contribution in [3.8, 4) is 11.5 Å². The van der Waals surface area contributed by atoms with Crippen LogP contribution in [0.1, 0.15) is 18.4 Å². The quantitative estimate of drug-likeness (QED) is 0.100. The number of hydrogen-bond acceptors (Lipinski definition) is 12. The topological polar surface area (TPSA) is 192 Å². The number of aromatic hydroxyl groups is 2. The molecule has 39 heavy (non-hydrogen) atoms. The highest BCUT2D eigenvalue weighted by Gasteiger charge is 2.46. The molecule has 1 aliphatic carbocycles. The molecule has 3 rings (SSSR count). The van der Waals surface area contributed by atoms with Crippen LogP contribution in [0.15, 0.2) is 48.6 Å². The van der Waals surface area contributed by atoms with E-state index in [0.29, 0.717) is 11.1 Å². The molecule has 0 spiro atoms. The first-order valence-electron chi connectivity index (χ1n) is 12.3. The molecule has 1 aromatic rings. The van der Waals surface area contributed by atoms with Gasteiger partial charge in [0, 0.05) is 23.5 Å². The van der Waals surface area contributed by atoms with Crippen molar-refractivity contribution in [2.24, 2.45) is 11.8 Å². The molecule has 12 nitrogen and oxygen atoms in total. The maximum atomic E-state index is 12.5. The van der Waals surface area contributed by atoms with E-state index in [9.17, 15) is 40.2 Å². The molecule has 0 aromatic heterocycles. The van der Waals surface area contributed by atoms with Crippen molar-refractivity contribution in [2.45, 2.75) is 49.7 Å². The lowest BCUT2D eigenvalue weighted by Gasteiger charge is -2.43. The van der Waals surface area contributed by atoms with Crippen LogP contribution in [0.25, 0.3) is 6.08 Å². The standard InChI is InChI=1S/C27H34O12/c1-3-15-16(10-11-37-22(31)9-5-14-4-7-18(29)19(30)12-14)17(26(35)36-2)6-8-20(15)38-27-25(34)24(33)23(32)21(13-28)39-27/h3-7,9,12,15-16,20-21,23-25,27-30,32-34H,1,8,10-11,13H2,2H3/b9-5+/t15-,16+,20-,21-,23-,24+,25-,27-/m1/s1. The number of carbonyl (C=O) groups is 2. The Labute approximate surface area is 225 Å². The monoisotopic (exact) mass is 550 g/mol. The highest BCUT2D eigenvalue weighted by Crippen LogP contribution is 2.38. The smallest absolute Gasteiger partial charge is 0.333 e. The molecule has 0 amide bonds. The molecule has 1 saturated heterocycles. The number of esters is 2. The fourth-order valence-electron chi connectivity index (χ4n) is 4.68. The molecule has 12 heteroatoms. The largest absolute Gasteiger partial charge is 0.504 e. The summed E-state index contributed by atoms with van der Waals surface area (Å²) in [6.07, 6.45) is -1.81. The van der Waals surface area contributed by atoms with Gasteiger partial charge in [-0.2, -0.15) is 0 Å². The molecule has 0 saturated carbocycles. The van der Waals surface area contributed by atoms with Gasteiger partial charge in [0.05, 0.1) is 26.4 Å². The van der Waals surface area contributed by atoms with E-state index in [1.165, 1.54) is 31.4 Å². The molecule has 1 fully saturated rings. The summed E-state index contributed by atoms with van der Waals surface area (Å²) in [6, 6.07) is 4.06. The van der Waals surface area contributed by atoms with Crippen LogP contribution < -0.4 is 0 Å². The number of ether oxygens (including phenoxy) is 4. The first kappa shape index (κ1) is 30.3. The van der Waals surface area contributed by atoms with Gasteiger partial charge in [-0.1, -0.05) is 18.2 Å². The van der Waals surface area contributed by atoms with E-state index in [1.807, 2.05) is 0 Å². The molecule has 6 N–H and O–H groups in total. The minimum atomic E-state index is -1.61. The molecule has 214 valence electrons. The highest BCUT2D eigenvalue weighted by molar-refractivity contribution is 5.89. The van der Waals surface area contributed by atoms with E-state index in [4.69, 9.17) is 18.9 Å². The Kier molecular flexibility index (Phi) is 10.6. The van der Waals surface area contributed by atoms with Crippen LogP contribution in [0.4, 0.5) is 0 Å². The van der Waals surface area contributed by atoms with Crippen LogP contribution in [0.3, 0.4) is 0 Å². The average Bonchev–Trinajstić information content (AvgIpc) is 2.93. The average molecular weight is 551 g/mol. The van der Waals surface area contributed by atoms with Crippen LogP contribution in [-0.4, -0.2) is 99.7 Å². The maximum absolute atomic E-state index is 12.5. The predicted molar refractivity (Wildman–Crippen MR) is 135 cm³/mol. The van der Waals surface area contributed by atoms with Crippen molar-refractivity contribution in [1.29, 1.82) is 0 Å². The summed E-state index contributed by atoms with van der Waals surface area (Å²) < 4.78 is 21.6. The Hall–Kier alpha value is -3.26. The van der Waals surface area contributed by atoms with Crippen molar-refractivity contribution in [2.75, 3.05) is 20.3 Å². The number of benzene rings is 1. The first-order chi connectivity index (χ1) is 18.6. The molecule has 0 bridgehead atoms. The summed E-state index contributed by atoms with van der Waals surface area (Å²) in [7, 11) is 1.24. The van der Waals surface area contributed by atoms with Gasteiger partial charge >= 0.3 is 11.9 Å². The molecule has 1 aliphatic heterocycles. The zero-order valence-corrected chi connectivity index (χ0v) is 21.3. The van der Waals surface area contributed by atoms with Crippen molar-refractivity contribution in [3.05, 3.63) is 54.1 Å². The summed E-state index contributed by atoms with van der Waals surface area (Å²) in [5.74, 6) is -2.94. The molecular weight excluding hydrogens is 516 g/mol. The number of hydrogen-bond donors (Lipinski definition) is 6. The summed E-state index contributed by atoms with van der Waals surface area (Å²) in [6.45, 7) is 3.15. The maximum Gasteiger partial charge on any atom is 0.333 e. The lowest BCUT2D eigenvalue weighted by atomic mass is 9.75. The van der Waals surface area contributed by atoms with Crippen LogP contribution in [-0.2, 0) is 28.5 Å². The third kappa shape index (κ3) is 7.24. The Morgan fingerprint density at radius 3 is 2.51 bits per heavy atom. The Morgan fingerprint density at radius 2 is 1.87 bits per heavy atom. The van der Waals surface area contributed by atoms with Gasteiger partial charge in [-0.15, -0.1) is 6.58 Å². The van der Waals surface area contributed by atoms with Gasteiger partial charge in [-0.05, 0) is 36.6 Å². The molecule has 2 aliphatic rings. The third-order valence-corrected chi connectivity index (χ3v) is 6.80. The van der Waals surface area contributed by atoms with Gasteiger partial charge in [0.1, 0.15) is 24.4 Å². The number of aliphatic hydroxyl groups is 4. The van der Waals surface area contributed by atoms with E-state index < -0.39 is 67.2 Å². The van der Waals surface area contributed by atoms with Crippen LogP contribution >= 0.6 is 0 Å². The van der Waals surface area contributed by atoms with Crippen molar-refractivity contribution < 1.29 is 59.2 Å². The number of carbonyl (C=O) groups excluding carboxylic acids is 2. The molecule has 1 heterocycles. The zero-order valence-electron chi connectivity index (χ0n) is 21.3. The van der Waals surface area contributed by atoms with Gasteiger partial charge in [0.15, 0.2) is 17.8 Å². The lowest BCUT2D eigenvalue weighted by molar-refractivity contribution is -0.314. The Balaban J connectivity index is 1.68. The van der Waals surface area contributed by atoms with Crippen molar-refractivity contribution >= 4 is 18.0 Å². The second-order valence-corrected chi connectivity index (χ2v) is 9.22. The van der Waals surface area contributed by atoms with E-state index in [-0.39, 0.29) is 30.9 Å². The van der Waals surface area contributed by atoms with Crippen molar-refractivity contribution in [1.82, 2.24) is 0 Å². The molecule has 0 radical (unpaired) electrons. The fourth-order valence-corrected chi connectivity index (χ4v) is 4.68. The minimum absolute atomic E-state index is 0.0832. The second-order valence-electron chi connectivity index (χ2n) is 9.22. The number of methoxy groups -OCH3 is 1. The van der Waals surface area contributed by atoms with Gasteiger partial charge in [-0.25, -0.2) is 9.59 Å². The van der Waals surface area contributed by atoms with Crippen LogP contribution in [0.2, 0.25) is 0 Å². The van der Waals surface area contributed by atoms with Gasteiger partial charge in [-0.3, -0.25) is 0 Å². The minimum Gasteiger partial charge on any atom is -0.504 e. The van der Waals surface area contributed by atoms with Crippen molar-refractivity contribution in [3.63, 3.8) is 0 Å². The van der Waals surface area contributed by atoms with Crippen LogP contribution in [0.5, 0.6) is 11.5 Å². The molecule has 1 aromatic carbocycles. The third-order valence-electron chi connectivity index (χ3n) is 6.80. The summed E-state index contributed by atoms with van der Waals surface area (Å²) >= 11 is 0. The number of phenols is 2. The SMILES string of the molecule is C=C[C@@H]1[C@H](CCOC(=O)/C=C/c2ccc(O)c(O)c2)C(C(=O)OC)=CC[C@H]1O[C@@H]1O[C@H](CO)[C@@H](O)[C@H](O)[C@H]1O. The first-order valence-corrected chi connectivity index (χ1v) is 12.3. The Bertz CT molecular complexity index is 1080. The fraction of sp³-hybridized carbons (Fsp3) is 0.481. The highest BCUT2D eigenvalue weighted by atomic mass is 16.7. The number of aliphatic hydroxyl groups excluding tert-OH is 4. The second kappa shape index (κ2) is 13.7. The van der Waals surface area contributed by atoms with E-state index in [0.717, 1.165) is 6.08 Å². The number of rotatable bonds is 10.